The number of hydrogen-bond donors (Lipinski definition) is 2. The van der Waals surface area contributed by atoms with Crippen LogP contribution in [0, 0.1) is 0 Å². The van der Waals surface area contributed by atoms with Crippen LogP contribution in [0.2, 0.25) is 0 Å². The standard InChI is InChI=1S/C12H12N4O/c17-11-5-8(6-13-11)16-12-9-3-1-2-4-10(9)14-7-15-12/h1-4,7-8H,5-6H2,(H,13,17)(H,14,15,16). The summed E-state index contributed by atoms with van der Waals surface area (Å²) in [5.74, 6) is 0.873. The molecule has 1 aliphatic heterocycles. The first kappa shape index (κ1) is 10.0. The summed E-state index contributed by atoms with van der Waals surface area (Å²) in [6.45, 7) is 0.650. The Morgan fingerprint density at radius 2 is 2.18 bits per heavy atom. The third kappa shape index (κ3) is 1.91. The average Bonchev–Trinajstić information content (AvgIpc) is 2.75. The Labute approximate surface area is 98.3 Å². The Bertz CT molecular complexity index is 564. The molecule has 1 atom stereocenters. The molecule has 86 valence electrons. The van der Waals surface area contributed by atoms with Crippen LogP contribution in [0.4, 0.5) is 5.82 Å². The lowest BCUT2D eigenvalue weighted by atomic mass is 10.2. The number of rotatable bonds is 2. The van der Waals surface area contributed by atoms with Crippen LogP contribution >= 0.6 is 0 Å². The molecule has 0 aliphatic carbocycles. The van der Waals surface area contributed by atoms with E-state index in [2.05, 4.69) is 20.6 Å². The van der Waals surface area contributed by atoms with Crippen LogP contribution < -0.4 is 10.6 Å². The molecule has 3 rings (SSSR count). The second-order valence-corrected chi connectivity index (χ2v) is 4.09. The van der Waals surface area contributed by atoms with E-state index in [4.69, 9.17) is 0 Å². The van der Waals surface area contributed by atoms with Gasteiger partial charge in [0.1, 0.15) is 12.1 Å². The van der Waals surface area contributed by atoms with E-state index in [1.54, 1.807) is 0 Å². The molecule has 2 N–H and O–H groups in total. The van der Waals surface area contributed by atoms with Gasteiger partial charge < -0.3 is 10.6 Å². The zero-order valence-corrected chi connectivity index (χ0v) is 9.18. The SMILES string of the molecule is O=C1CC(Nc2ncnc3ccccc23)CN1. The van der Waals surface area contributed by atoms with Gasteiger partial charge in [-0.1, -0.05) is 12.1 Å². The molecule has 1 aromatic carbocycles. The highest BCUT2D eigenvalue weighted by atomic mass is 16.1. The van der Waals surface area contributed by atoms with Crippen molar-refractivity contribution in [2.24, 2.45) is 0 Å². The molecule has 1 fully saturated rings. The summed E-state index contributed by atoms with van der Waals surface area (Å²) in [6, 6.07) is 7.93. The van der Waals surface area contributed by atoms with Crippen molar-refractivity contribution in [3.63, 3.8) is 0 Å². The minimum absolute atomic E-state index is 0.0841. The maximum atomic E-state index is 11.1. The number of carbonyl (C=O) groups excluding carboxylic acids is 1. The molecule has 0 spiro atoms. The van der Waals surface area contributed by atoms with Crippen molar-refractivity contribution in [3.8, 4) is 0 Å². The fourth-order valence-electron chi connectivity index (χ4n) is 2.02. The summed E-state index contributed by atoms with van der Waals surface area (Å²) in [4.78, 5) is 19.6. The first-order chi connectivity index (χ1) is 8.33. The first-order valence-corrected chi connectivity index (χ1v) is 5.56. The Balaban J connectivity index is 1.92. The van der Waals surface area contributed by atoms with Crippen molar-refractivity contribution in [1.29, 1.82) is 0 Å². The molecule has 17 heavy (non-hydrogen) atoms. The number of hydrogen-bond acceptors (Lipinski definition) is 4. The number of benzene rings is 1. The van der Waals surface area contributed by atoms with Crippen molar-refractivity contribution in [1.82, 2.24) is 15.3 Å². The molecule has 5 nitrogen and oxygen atoms in total. The van der Waals surface area contributed by atoms with Crippen molar-refractivity contribution < 1.29 is 4.79 Å². The number of para-hydroxylation sites is 1. The molecule has 0 bridgehead atoms. The lowest BCUT2D eigenvalue weighted by molar-refractivity contribution is -0.119. The van der Waals surface area contributed by atoms with Gasteiger partial charge in [0.05, 0.1) is 11.6 Å². The monoisotopic (exact) mass is 228 g/mol. The first-order valence-electron chi connectivity index (χ1n) is 5.56. The maximum Gasteiger partial charge on any atom is 0.222 e. The van der Waals surface area contributed by atoms with Crippen LogP contribution in [0.5, 0.6) is 0 Å². The molecule has 1 aliphatic rings. The molecule has 1 aromatic heterocycles. The van der Waals surface area contributed by atoms with Crippen LogP contribution in [0.1, 0.15) is 6.42 Å². The van der Waals surface area contributed by atoms with Crippen LogP contribution in [-0.2, 0) is 4.79 Å². The zero-order chi connectivity index (χ0) is 11.7. The van der Waals surface area contributed by atoms with E-state index in [0.717, 1.165) is 16.7 Å². The number of nitrogens with zero attached hydrogens (tertiary/aromatic N) is 2. The zero-order valence-electron chi connectivity index (χ0n) is 9.18. The van der Waals surface area contributed by atoms with Gasteiger partial charge >= 0.3 is 0 Å². The highest BCUT2D eigenvalue weighted by molar-refractivity contribution is 5.89. The van der Waals surface area contributed by atoms with E-state index in [-0.39, 0.29) is 11.9 Å². The van der Waals surface area contributed by atoms with Crippen LogP contribution in [0.25, 0.3) is 10.9 Å². The van der Waals surface area contributed by atoms with E-state index in [9.17, 15) is 4.79 Å². The summed E-state index contributed by atoms with van der Waals surface area (Å²) in [6.07, 6.45) is 2.03. The summed E-state index contributed by atoms with van der Waals surface area (Å²) in [5, 5.41) is 7.05. The molecule has 0 radical (unpaired) electrons. The predicted molar refractivity (Wildman–Crippen MR) is 64.6 cm³/mol. The van der Waals surface area contributed by atoms with Crippen molar-refractivity contribution in [2.45, 2.75) is 12.5 Å². The molecule has 2 heterocycles. The van der Waals surface area contributed by atoms with Gasteiger partial charge in [0.15, 0.2) is 0 Å². The summed E-state index contributed by atoms with van der Waals surface area (Å²) >= 11 is 0. The molecule has 5 heteroatoms. The fraction of sp³-hybridized carbons (Fsp3) is 0.250. The molecular formula is C12H12N4O. The van der Waals surface area contributed by atoms with Crippen LogP contribution in [0.15, 0.2) is 30.6 Å². The second-order valence-electron chi connectivity index (χ2n) is 4.09. The Morgan fingerprint density at radius 3 is 3.00 bits per heavy atom. The van der Waals surface area contributed by atoms with E-state index in [1.165, 1.54) is 6.33 Å². The predicted octanol–water partition coefficient (Wildman–Crippen LogP) is 0.930. The quantitative estimate of drug-likeness (QED) is 0.802. The van der Waals surface area contributed by atoms with Gasteiger partial charge in [-0.05, 0) is 12.1 Å². The third-order valence-electron chi connectivity index (χ3n) is 2.86. The van der Waals surface area contributed by atoms with E-state index in [1.807, 2.05) is 24.3 Å². The number of aromatic nitrogens is 2. The maximum absolute atomic E-state index is 11.1. The molecule has 2 aromatic rings. The summed E-state index contributed by atoms with van der Waals surface area (Å²) in [7, 11) is 0. The van der Waals surface area contributed by atoms with Gasteiger partial charge in [0.2, 0.25) is 5.91 Å². The van der Waals surface area contributed by atoms with E-state index < -0.39 is 0 Å². The smallest absolute Gasteiger partial charge is 0.222 e. The normalized spacial score (nSPS) is 19.3. The number of amides is 1. The lowest BCUT2D eigenvalue weighted by Gasteiger charge is -2.12. The van der Waals surface area contributed by atoms with Gasteiger partial charge in [-0.25, -0.2) is 9.97 Å². The summed E-state index contributed by atoms with van der Waals surface area (Å²) < 4.78 is 0. The van der Waals surface area contributed by atoms with Crippen LogP contribution in [0.3, 0.4) is 0 Å². The fourth-order valence-corrected chi connectivity index (χ4v) is 2.02. The van der Waals surface area contributed by atoms with Gasteiger partial charge in [0.25, 0.3) is 0 Å². The third-order valence-corrected chi connectivity index (χ3v) is 2.86. The number of carbonyl (C=O) groups is 1. The summed E-state index contributed by atoms with van der Waals surface area (Å²) in [5.41, 5.74) is 0.905. The lowest BCUT2D eigenvalue weighted by Crippen LogP contribution is -2.23. The van der Waals surface area contributed by atoms with Gasteiger partial charge in [-0.2, -0.15) is 0 Å². The van der Waals surface area contributed by atoms with Gasteiger partial charge in [0, 0.05) is 18.4 Å². The molecule has 1 unspecified atom stereocenters. The second kappa shape index (κ2) is 4.01. The Morgan fingerprint density at radius 1 is 1.29 bits per heavy atom. The van der Waals surface area contributed by atoms with E-state index >= 15 is 0 Å². The largest absolute Gasteiger partial charge is 0.364 e. The Hall–Kier alpha value is -2.17. The number of anilines is 1. The van der Waals surface area contributed by atoms with Gasteiger partial charge in [-0.15, -0.1) is 0 Å². The topological polar surface area (TPSA) is 66.9 Å². The number of fused-ring (bicyclic) bond motifs is 1. The highest BCUT2D eigenvalue weighted by Gasteiger charge is 2.21. The van der Waals surface area contributed by atoms with E-state index in [0.29, 0.717) is 13.0 Å². The van der Waals surface area contributed by atoms with Crippen molar-refractivity contribution in [2.75, 3.05) is 11.9 Å². The van der Waals surface area contributed by atoms with Gasteiger partial charge in [-0.3, -0.25) is 4.79 Å². The molecule has 0 saturated carbocycles. The average molecular weight is 228 g/mol. The minimum Gasteiger partial charge on any atom is -0.364 e. The van der Waals surface area contributed by atoms with Crippen molar-refractivity contribution in [3.05, 3.63) is 30.6 Å². The molecule has 1 saturated heterocycles. The van der Waals surface area contributed by atoms with Crippen LogP contribution in [-0.4, -0.2) is 28.5 Å². The molecule has 1 amide bonds. The number of nitrogens with one attached hydrogen (secondary N) is 2. The highest BCUT2D eigenvalue weighted by Crippen LogP contribution is 2.20. The Kier molecular flexibility index (Phi) is 2.36. The van der Waals surface area contributed by atoms with Crippen molar-refractivity contribution >= 4 is 22.6 Å². The minimum atomic E-state index is 0.0841. The molecular weight excluding hydrogens is 216 g/mol.